The number of aromatic nitrogens is 1. The quantitative estimate of drug-likeness (QED) is 0.442. The number of piperidine rings is 1. The molecular formula is C26H27ClF3N5O4. The number of halogens is 4. The Labute approximate surface area is 228 Å². The van der Waals surface area contributed by atoms with Crippen LogP contribution in [-0.4, -0.2) is 66.8 Å². The fraction of sp³-hybridized carbons (Fsp3) is 0.462. The molecule has 2 aliphatic heterocycles. The van der Waals surface area contributed by atoms with Crippen LogP contribution in [0.15, 0.2) is 41.6 Å². The van der Waals surface area contributed by atoms with Crippen molar-refractivity contribution in [1.82, 2.24) is 4.98 Å². The molecule has 1 fully saturated rings. The van der Waals surface area contributed by atoms with E-state index < -0.39 is 36.2 Å². The van der Waals surface area contributed by atoms with Crippen molar-refractivity contribution in [2.24, 2.45) is 16.9 Å². The molecule has 1 N–H and O–H groups in total. The van der Waals surface area contributed by atoms with Crippen molar-refractivity contribution in [3.63, 3.8) is 0 Å². The molecule has 9 nitrogen and oxygen atoms in total. The first kappa shape index (κ1) is 28.3. The Morgan fingerprint density at radius 2 is 2.03 bits per heavy atom. The molecule has 39 heavy (non-hydrogen) atoms. The Balaban J connectivity index is 1.49. The third kappa shape index (κ3) is 6.30. The molecule has 0 radical (unpaired) electrons. The summed E-state index contributed by atoms with van der Waals surface area (Å²) >= 11 is 6.37. The smallest absolute Gasteiger partial charge is 0.431 e. The number of carboxylic acid groups (broad SMARTS) is 1. The van der Waals surface area contributed by atoms with E-state index in [0.29, 0.717) is 41.8 Å². The molecule has 13 heteroatoms. The third-order valence-electron chi connectivity index (χ3n) is 6.95. The maximum absolute atomic E-state index is 13.5. The first-order chi connectivity index (χ1) is 18.5. The van der Waals surface area contributed by atoms with Crippen LogP contribution in [0.3, 0.4) is 0 Å². The average Bonchev–Trinajstić information content (AvgIpc) is 3.22. The van der Waals surface area contributed by atoms with Crippen LogP contribution >= 0.6 is 11.6 Å². The first-order valence-corrected chi connectivity index (χ1v) is 12.6. The lowest BCUT2D eigenvalue weighted by molar-refractivity contribution is -0.137. The largest absolute Gasteiger partial charge is 0.490 e. The molecule has 0 aliphatic carbocycles. The summed E-state index contributed by atoms with van der Waals surface area (Å²) in [6.45, 7) is 10.1. The van der Waals surface area contributed by atoms with Crippen molar-refractivity contribution < 1.29 is 32.5 Å². The van der Waals surface area contributed by atoms with Gasteiger partial charge in [-0.05, 0) is 24.3 Å². The van der Waals surface area contributed by atoms with Crippen molar-refractivity contribution in [2.75, 3.05) is 36.7 Å². The summed E-state index contributed by atoms with van der Waals surface area (Å²) < 4.78 is 51.8. The number of rotatable bonds is 8. The summed E-state index contributed by atoms with van der Waals surface area (Å²) in [5.41, 5.74) is 0.0825. The van der Waals surface area contributed by atoms with Crippen LogP contribution in [0.2, 0.25) is 5.02 Å². The number of hydrazone groups is 1. The van der Waals surface area contributed by atoms with Crippen LogP contribution < -0.4 is 19.4 Å². The molecule has 0 saturated carbocycles. The van der Waals surface area contributed by atoms with E-state index in [9.17, 15) is 23.1 Å². The summed E-state index contributed by atoms with van der Waals surface area (Å²) in [6, 6.07) is 7.12. The molecule has 3 heterocycles. The normalized spacial score (nSPS) is 23.3. The zero-order valence-corrected chi connectivity index (χ0v) is 22.0. The van der Waals surface area contributed by atoms with Crippen molar-refractivity contribution >= 4 is 34.7 Å². The molecule has 0 amide bonds. The molecule has 4 atom stereocenters. The zero-order valence-electron chi connectivity index (χ0n) is 21.2. The van der Waals surface area contributed by atoms with Crippen LogP contribution in [0.25, 0.3) is 4.85 Å². The number of aliphatic carboxylic acids is 1. The molecule has 2 aromatic rings. The van der Waals surface area contributed by atoms with Crippen molar-refractivity contribution in [1.29, 1.82) is 0 Å². The lowest BCUT2D eigenvalue weighted by Crippen LogP contribution is -2.46. The number of carbonyl (C=O) groups is 1. The molecule has 0 spiro atoms. The van der Waals surface area contributed by atoms with E-state index in [0.717, 1.165) is 10.7 Å². The van der Waals surface area contributed by atoms with Gasteiger partial charge in [-0.25, -0.2) is 11.6 Å². The van der Waals surface area contributed by atoms with Gasteiger partial charge in [0, 0.05) is 31.5 Å². The number of nitrogens with zero attached hydrogens (tertiary/aromatic N) is 5. The van der Waals surface area contributed by atoms with E-state index >= 15 is 0 Å². The number of ether oxygens (including phenoxy) is 2. The number of anilines is 2. The lowest BCUT2D eigenvalue weighted by Gasteiger charge is -2.38. The van der Waals surface area contributed by atoms with Gasteiger partial charge < -0.3 is 24.3 Å². The fourth-order valence-electron chi connectivity index (χ4n) is 4.97. The van der Waals surface area contributed by atoms with Gasteiger partial charge in [-0.3, -0.25) is 9.80 Å². The number of hydrogen-bond acceptors (Lipinski definition) is 7. The third-order valence-corrected chi connectivity index (χ3v) is 7.24. The minimum absolute atomic E-state index is 0.135. The first-order valence-electron chi connectivity index (χ1n) is 12.2. The van der Waals surface area contributed by atoms with Crippen LogP contribution in [0.5, 0.6) is 11.6 Å². The lowest BCUT2D eigenvalue weighted by atomic mass is 9.94. The van der Waals surface area contributed by atoms with Gasteiger partial charge in [0.25, 0.3) is 0 Å². The number of benzene rings is 1. The van der Waals surface area contributed by atoms with Crippen LogP contribution in [0.1, 0.15) is 19.8 Å². The summed E-state index contributed by atoms with van der Waals surface area (Å²) in [5.74, 6) is -1.54. The van der Waals surface area contributed by atoms with Gasteiger partial charge in [0.05, 0.1) is 48.1 Å². The summed E-state index contributed by atoms with van der Waals surface area (Å²) in [6.07, 6.45) is -3.30. The molecule has 4 rings (SSSR count). The topological polar surface area (TPSA) is 91.9 Å². The van der Waals surface area contributed by atoms with Gasteiger partial charge in [0.1, 0.15) is 17.6 Å². The highest BCUT2D eigenvalue weighted by molar-refractivity contribution is 6.33. The van der Waals surface area contributed by atoms with Gasteiger partial charge in [0.2, 0.25) is 12.4 Å². The van der Waals surface area contributed by atoms with Crippen molar-refractivity contribution in [3.8, 4) is 11.6 Å². The van der Waals surface area contributed by atoms with E-state index in [-0.39, 0.29) is 18.6 Å². The molecule has 208 valence electrons. The van der Waals surface area contributed by atoms with Crippen LogP contribution in [-0.2, 0) is 4.79 Å². The second-order valence-electron chi connectivity index (χ2n) is 9.45. The van der Waals surface area contributed by atoms with Crippen LogP contribution in [0.4, 0.5) is 24.5 Å². The summed E-state index contributed by atoms with van der Waals surface area (Å²) in [5, 5.41) is 14.6. The van der Waals surface area contributed by atoms with E-state index in [1.54, 1.807) is 30.3 Å². The molecule has 0 bridgehead atoms. The highest BCUT2D eigenvalue weighted by Crippen LogP contribution is 2.37. The van der Waals surface area contributed by atoms with Gasteiger partial charge in [-0.15, -0.1) is 0 Å². The Bertz CT molecular complexity index is 1270. The Kier molecular flexibility index (Phi) is 8.39. The molecule has 2 aliphatic rings. The fourth-order valence-corrected chi connectivity index (χ4v) is 5.20. The minimum Gasteiger partial charge on any atom is -0.490 e. The Morgan fingerprint density at radius 3 is 2.64 bits per heavy atom. The van der Waals surface area contributed by atoms with Crippen molar-refractivity contribution in [2.45, 2.75) is 38.1 Å². The van der Waals surface area contributed by atoms with Gasteiger partial charge in [-0.1, -0.05) is 18.5 Å². The number of pyridine rings is 1. The second-order valence-corrected chi connectivity index (χ2v) is 9.85. The molecular weight excluding hydrogens is 539 g/mol. The molecule has 0 unspecified atom stereocenters. The highest BCUT2D eigenvalue weighted by Gasteiger charge is 2.48. The molecule has 1 aromatic heterocycles. The minimum atomic E-state index is -4.66. The molecule has 1 aromatic carbocycles. The molecule has 1 saturated heterocycles. The van der Waals surface area contributed by atoms with Crippen LogP contribution in [0, 0.1) is 18.4 Å². The average molecular weight is 566 g/mol. The summed E-state index contributed by atoms with van der Waals surface area (Å²) in [7, 11) is 1.52. The number of alkyl halides is 3. The van der Waals surface area contributed by atoms with E-state index in [1.165, 1.54) is 20.2 Å². The second kappa shape index (κ2) is 11.6. The maximum Gasteiger partial charge on any atom is 0.431 e. The number of hydrogen-bond donors (Lipinski definition) is 1. The number of methoxy groups -OCH3 is 1. The van der Waals surface area contributed by atoms with E-state index in [2.05, 4.69) is 19.8 Å². The van der Waals surface area contributed by atoms with E-state index in [4.69, 9.17) is 27.6 Å². The van der Waals surface area contributed by atoms with Gasteiger partial charge >= 0.3 is 12.1 Å². The SMILES string of the molecule is [C-]#[N+]C[C@@H]1CN(c2cc(OC)ncc2Cl)CC[C@H]1Oc1ccc(N2N=C(C(F)(F)F)[C@@H](C)[C@@H]2CC(=O)O)cc1. The number of carboxylic acids is 1. The Hall–Kier alpha value is -3.72. The van der Waals surface area contributed by atoms with E-state index in [1.807, 2.05) is 0 Å². The van der Waals surface area contributed by atoms with Gasteiger partial charge in [-0.2, -0.15) is 18.3 Å². The Morgan fingerprint density at radius 1 is 1.31 bits per heavy atom. The van der Waals surface area contributed by atoms with Gasteiger partial charge in [0.15, 0.2) is 0 Å². The predicted molar refractivity (Wildman–Crippen MR) is 140 cm³/mol. The monoisotopic (exact) mass is 565 g/mol. The summed E-state index contributed by atoms with van der Waals surface area (Å²) in [4.78, 5) is 21.1. The highest BCUT2D eigenvalue weighted by atomic mass is 35.5. The maximum atomic E-state index is 13.5. The standard InChI is InChI=1S/C26H27ClF3N5O4/c1-15-20(11-24(36)37)35(33-25(15)26(28,29)30)17-4-6-18(7-5-17)39-22-8-9-34(14-16(22)12-31-2)21-10-23(38-3)32-13-19(21)27/h4-7,10,13,15-16,20,22H,8-9,11-12,14H2,1,3H3,(H,36,37)/t15-,16+,20-,22+/m0/s1. The zero-order chi connectivity index (χ0) is 28.3. The predicted octanol–water partition coefficient (Wildman–Crippen LogP) is 5.15. The van der Waals surface area contributed by atoms with Crippen molar-refractivity contribution in [3.05, 3.63) is 53.0 Å².